The Hall–Kier alpha value is -1.95. The molecule has 0 saturated carbocycles. The lowest BCUT2D eigenvalue weighted by Crippen LogP contribution is -2.23. The van der Waals surface area contributed by atoms with Crippen LogP contribution in [-0.4, -0.2) is 0 Å². The number of halogens is 5. The molecule has 1 nitrogen and oxygen atoms in total. The van der Waals surface area contributed by atoms with Crippen LogP contribution in [0.4, 0.5) is 22.0 Å². The third kappa shape index (κ3) is 4.28. The molecule has 0 aliphatic rings. The molecule has 0 aromatic heterocycles. The van der Waals surface area contributed by atoms with Gasteiger partial charge in [0, 0.05) is 23.7 Å². The van der Waals surface area contributed by atoms with Crippen LogP contribution in [0.25, 0.3) is 0 Å². The number of alkyl halides is 3. The minimum atomic E-state index is -4.41. The lowest BCUT2D eigenvalue weighted by atomic mass is 10.0. The lowest BCUT2D eigenvalue weighted by molar-refractivity contribution is -0.137. The van der Waals surface area contributed by atoms with Crippen LogP contribution in [0.3, 0.4) is 0 Å². The number of hydrogen-bond donors (Lipinski definition) is 1. The first-order valence-corrected chi connectivity index (χ1v) is 7.06. The summed E-state index contributed by atoms with van der Waals surface area (Å²) in [6.07, 6.45) is -4.41. The molecule has 0 amide bonds. The van der Waals surface area contributed by atoms with Crippen LogP contribution in [0.1, 0.15) is 42.6 Å². The molecule has 0 aliphatic heterocycles. The molecule has 0 fully saturated rings. The number of rotatable bonds is 4. The molecule has 2 rings (SSSR count). The van der Waals surface area contributed by atoms with Crippen molar-refractivity contribution in [2.75, 3.05) is 0 Å². The zero-order chi connectivity index (χ0) is 17.2. The van der Waals surface area contributed by atoms with Gasteiger partial charge in [-0.25, -0.2) is 8.78 Å². The van der Waals surface area contributed by atoms with Gasteiger partial charge in [0.05, 0.1) is 5.56 Å². The predicted octanol–water partition coefficient (Wildman–Crippen LogP) is 5.40. The molecule has 2 atom stereocenters. The first-order valence-electron chi connectivity index (χ1n) is 7.06. The van der Waals surface area contributed by atoms with Gasteiger partial charge in [-0.3, -0.25) is 0 Å². The van der Waals surface area contributed by atoms with Crippen LogP contribution in [-0.2, 0) is 6.18 Å². The molecule has 6 heteroatoms. The van der Waals surface area contributed by atoms with Gasteiger partial charge in [0.2, 0.25) is 0 Å². The van der Waals surface area contributed by atoms with Crippen molar-refractivity contribution in [2.45, 2.75) is 32.1 Å². The molecule has 0 spiro atoms. The van der Waals surface area contributed by atoms with Crippen LogP contribution in [0.15, 0.2) is 42.5 Å². The third-order valence-electron chi connectivity index (χ3n) is 3.64. The average molecular weight is 329 g/mol. The summed E-state index contributed by atoms with van der Waals surface area (Å²) in [5, 5.41) is 3.02. The van der Waals surface area contributed by atoms with Crippen LogP contribution < -0.4 is 5.32 Å². The van der Waals surface area contributed by atoms with E-state index < -0.39 is 35.5 Å². The van der Waals surface area contributed by atoms with Gasteiger partial charge in [-0.1, -0.05) is 18.2 Å². The predicted molar refractivity (Wildman–Crippen MR) is 77.8 cm³/mol. The van der Waals surface area contributed by atoms with E-state index in [4.69, 9.17) is 0 Å². The van der Waals surface area contributed by atoms with Gasteiger partial charge in [-0.15, -0.1) is 0 Å². The fourth-order valence-corrected chi connectivity index (χ4v) is 2.40. The molecule has 0 heterocycles. The van der Waals surface area contributed by atoms with Crippen molar-refractivity contribution in [3.05, 3.63) is 70.8 Å². The molecular weight excluding hydrogens is 313 g/mol. The van der Waals surface area contributed by atoms with Gasteiger partial charge in [0.15, 0.2) is 0 Å². The van der Waals surface area contributed by atoms with Crippen molar-refractivity contribution in [2.24, 2.45) is 0 Å². The van der Waals surface area contributed by atoms with E-state index in [0.717, 1.165) is 24.3 Å². The fourth-order valence-electron chi connectivity index (χ4n) is 2.40. The van der Waals surface area contributed by atoms with Gasteiger partial charge in [-0.2, -0.15) is 13.2 Å². The van der Waals surface area contributed by atoms with E-state index in [2.05, 4.69) is 5.32 Å². The highest BCUT2D eigenvalue weighted by atomic mass is 19.4. The molecule has 0 saturated heterocycles. The largest absolute Gasteiger partial charge is 0.416 e. The summed E-state index contributed by atoms with van der Waals surface area (Å²) in [6, 6.07) is 7.29. The second-order valence-corrected chi connectivity index (χ2v) is 5.40. The van der Waals surface area contributed by atoms with Crippen molar-refractivity contribution in [3.8, 4) is 0 Å². The molecule has 2 unspecified atom stereocenters. The van der Waals surface area contributed by atoms with Crippen molar-refractivity contribution in [1.82, 2.24) is 5.32 Å². The Balaban J connectivity index is 2.17. The maximum atomic E-state index is 13.7. The molecule has 2 aromatic carbocycles. The van der Waals surface area contributed by atoms with Gasteiger partial charge < -0.3 is 5.32 Å². The second kappa shape index (κ2) is 6.66. The van der Waals surface area contributed by atoms with Crippen LogP contribution >= 0.6 is 0 Å². The molecule has 124 valence electrons. The summed E-state index contributed by atoms with van der Waals surface area (Å²) in [6.45, 7) is 3.36. The summed E-state index contributed by atoms with van der Waals surface area (Å²) in [5.41, 5.74) is -0.0383. The highest BCUT2D eigenvalue weighted by Crippen LogP contribution is 2.31. The van der Waals surface area contributed by atoms with E-state index in [1.54, 1.807) is 19.9 Å². The molecule has 23 heavy (non-hydrogen) atoms. The Kier molecular flexibility index (Phi) is 5.04. The standard InChI is InChI=1S/C17H16F5N/c1-10(12-4-3-5-13(8-12)17(20,21)22)23-11(2)15-7-6-14(18)9-16(15)19/h3-11,23H,1-2H3. The van der Waals surface area contributed by atoms with Gasteiger partial charge in [0.25, 0.3) is 0 Å². The van der Waals surface area contributed by atoms with E-state index in [9.17, 15) is 22.0 Å². The maximum absolute atomic E-state index is 13.7. The zero-order valence-electron chi connectivity index (χ0n) is 12.6. The van der Waals surface area contributed by atoms with Crippen LogP contribution in [0, 0.1) is 11.6 Å². The number of nitrogens with one attached hydrogen (secondary N) is 1. The van der Waals surface area contributed by atoms with Crippen molar-refractivity contribution in [3.63, 3.8) is 0 Å². The van der Waals surface area contributed by atoms with E-state index in [-0.39, 0.29) is 5.56 Å². The van der Waals surface area contributed by atoms with Crippen molar-refractivity contribution in [1.29, 1.82) is 0 Å². The number of hydrogen-bond acceptors (Lipinski definition) is 1. The van der Waals surface area contributed by atoms with Gasteiger partial charge in [-0.05, 0) is 37.6 Å². The Morgan fingerprint density at radius 3 is 2.22 bits per heavy atom. The van der Waals surface area contributed by atoms with Crippen molar-refractivity contribution < 1.29 is 22.0 Å². The normalized spacial score (nSPS) is 14.6. The van der Waals surface area contributed by atoms with E-state index in [1.807, 2.05) is 0 Å². The molecule has 0 aliphatic carbocycles. The minimum absolute atomic E-state index is 0.255. The topological polar surface area (TPSA) is 12.0 Å². The number of benzene rings is 2. The molecule has 0 bridgehead atoms. The minimum Gasteiger partial charge on any atom is -0.304 e. The quantitative estimate of drug-likeness (QED) is 0.741. The summed E-state index contributed by atoms with van der Waals surface area (Å²) in [4.78, 5) is 0. The smallest absolute Gasteiger partial charge is 0.304 e. The van der Waals surface area contributed by atoms with Gasteiger partial charge in [0.1, 0.15) is 11.6 Å². The summed E-state index contributed by atoms with van der Waals surface area (Å²) < 4.78 is 64.9. The van der Waals surface area contributed by atoms with Crippen LogP contribution in [0.5, 0.6) is 0 Å². The van der Waals surface area contributed by atoms with E-state index in [1.165, 1.54) is 12.1 Å². The highest BCUT2D eigenvalue weighted by Gasteiger charge is 2.30. The third-order valence-corrected chi connectivity index (χ3v) is 3.64. The molecule has 0 radical (unpaired) electrons. The van der Waals surface area contributed by atoms with E-state index >= 15 is 0 Å². The first kappa shape index (κ1) is 17.4. The second-order valence-electron chi connectivity index (χ2n) is 5.40. The lowest BCUT2D eigenvalue weighted by Gasteiger charge is -2.22. The average Bonchev–Trinajstić information content (AvgIpc) is 2.46. The fraction of sp³-hybridized carbons (Fsp3) is 0.294. The van der Waals surface area contributed by atoms with Crippen LogP contribution in [0.2, 0.25) is 0 Å². The SMILES string of the molecule is CC(NC(C)c1ccc(F)cc1F)c1cccc(C(F)(F)F)c1. The zero-order valence-corrected chi connectivity index (χ0v) is 12.6. The summed E-state index contributed by atoms with van der Waals surface area (Å²) >= 11 is 0. The molecular formula is C17H16F5N. The molecule has 2 aromatic rings. The Morgan fingerprint density at radius 2 is 1.61 bits per heavy atom. The highest BCUT2D eigenvalue weighted by molar-refractivity contribution is 5.28. The Bertz CT molecular complexity index is 681. The monoisotopic (exact) mass is 329 g/mol. The molecule has 1 N–H and O–H groups in total. The van der Waals surface area contributed by atoms with Crippen molar-refractivity contribution >= 4 is 0 Å². The first-order chi connectivity index (χ1) is 10.7. The Morgan fingerprint density at radius 1 is 0.913 bits per heavy atom. The maximum Gasteiger partial charge on any atom is 0.416 e. The summed E-state index contributed by atoms with van der Waals surface area (Å²) in [7, 11) is 0. The van der Waals surface area contributed by atoms with Gasteiger partial charge >= 0.3 is 6.18 Å². The Labute approximate surface area is 131 Å². The summed E-state index contributed by atoms with van der Waals surface area (Å²) in [5.74, 6) is -1.37. The van der Waals surface area contributed by atoms with E-state index in [0.29, 0.717) is 5.56 Å².